The first-order valence-corrected chi connectivity index (χ1v) is 5.79. The summed E-state index contributed by atoms with van der Waals surface area (Å²) in [5.74, 6) is 0. The molecular formula is C13H16N2O2. The summed E-state index contributed by atoms with van der Waals surface area (Å²) in [6, 6.07) is 7.90. The molecule has 1 aromatic carbocycles. The van der Waals surface area contributed by atoms with Crippen LogP contribution in [0.5, 0.6) is 0 Å². The number of carbonyl (C=O) groups excluding carboxylic acids is 2. The molecule has 1 fully saturated rings. The quantitative estimate of drug-likeness (QED) is 0.743. The first-order chi connectivity index (χ1) is 8.22. The van der Waals surface area contributed by atoms with Crippen molar-refractivity contribution in [1.29, 1.82) is 0 Å². The molecule has 1 heterocycles. The SMILES string of the molecule is Cc1cccc(N2CCN(CCC=O)C2=O)c1. The van der Waals surface area contributed by atoms with Gasteiger partial charge in [0.1, 0.15) is 6.29 Å². The van der Waals surface area contributed by atoms with Crippen LogP contribution >= 0.6 is 0 Å². The van der Waals surface area contributed by atoms with Crippen molar-refractivity contribution in [2.24, 2.45) is 0 Å². The fourth-order valence-electron chi connectivity index (χ4n) is 2.03. The molecular weight excluding hydrogens is 216 g/mol. The Labute approximate surface area is 101 Å². The molecule has 0 spiro atoms. The second kappa shape index (κ2) is 4.99. The third-order valence-corrected chi connectivity index (χ3v) is 2.93. The molecule has 0 bridgehead atoms. The van der Waals surface area contributed by atoms with E-state index in [2.05, 4.69) is 0 Å². The monoisotopic (exact) mass is 232 g/mol. The molecule has 0 radical (unpaired) electrons. The molecule has 0 aromatic heterocycles. The Balaban J connectivity index is 2.09. The Kier molecular flexibility index (Phi) is 3.42. The second-order valence-corrected chi connectivity index (χ2v) is 4.22. The highest BCUT2D eigenvalue weighted by molar-refractivity contribution is 5.94. The average Bonchev–Trinajstić information content (AvgIpc) is 2.68. The lowest BCUT2D eigenvalue weighted by Crippen LogP contribution is -2.32. The van der Waals surface area contributed by atoms with Crippen molar-refractivity contribution in [2.45, 2.75) is 13.3 Å². The van der Waals surface area contributed by atoms with Crippen LogP contribution in [0.1, 0.15) is 12.0 Å². The molecule has 1 aliphatic heterocycles. The Morgan fingerprint density at radius 1 is 1.35 bits per heavy atom. The van der Waals surface area contributed by atoms with E-state index >= 15 is 0 Å². The lowest BCUT2D eigenvalue weighted by atomic mass is 10.2. The predicted octanol–water partition coefficient (Wildman–Crippen LogP) is 1.83. The molecule has 0 atom stereocenters. The van der Waals surface area contributed by atoms with Crippen molar-refractivity contribution in [1.82, 2.24) is 4.90 Å². The molecule has 0 N–H and O–H groups in total. The number of hydrogen-bond acceptors (Lipinski definition) is 2. The third kappa shape index (κ3) is 2.46. The summed E-state index contributed by atoms with van der Waals surface area (Å²) in [7, 11) is 0. The Morgan fingerprint density at radius 2 is 2.18 bits per heavy atom. The number of hydrogen-bond donors (Lipinski definition) is 0. The molecule has 1 saturated heterocycles. The van der Waals surface area contributed by atoms with Gasteiger partial charge < -0.3 is 9.69 Å². The molecule has 4 nitrogen and oxygen atoms in total. The summed E-state index contributed by atoms with van der Waals surface area (Å²) in [6.45, 7) is 3.92. The zero-order valence-corrected chi connectivity index (χ0v) is 9.93. The minimum absolute atomic E-state index is 0.00236. The number of aldehydes is 1. The van der Waals surface area contributed by atoms with Gasteiger partial charge in [-0.25, -0.2) is 4.79 Å². The van der Waals surface area contributed by atoms with Crippen LogP contribution in [0.25, 0.3) is 0 Å². The molecule has 0 aliphatic carbocycles. The predicted molar refractivity (Wildman–Crippen MR) is 66.2 cm³/mol. The van der Waals surface area contributed by atoms with Crippen molar-refractivity contribution >= 4 is 18.0 Å². The number of carbonyl (C=O) groups is 2. The van der Waals surface area contributed by atoms with Crippen LogP contribution in [-0.2, 0) is 4.79 Å². The van der Waals surface area contributed by atoms with Crippen LogP contribution in [-0.4, -0.2) is 36.9 Å². The van der Waals surface area contributed by atoms with Crippen molar-refractivity contribution in [3.05, 3.63) is 29.8 Å². The van der Waals surface area contributed by atoms with Gasteiger partial charge in [-0.3, -0.25) is 4.90 Å². The minimum atomic E-state index is -0.00236. The molecule has 0 saturated carbocycles. The van der Waals surface area contributed by atoms with Crippen molar-refractivity contribution in [3.63, 3.8) is 0 Å². The first kappa shape index (κ1) is 11.6. The molecule has 0 unspecified atom stereocenters. The van der Waals surface area contributed by atoms with E-state index in [0.717, 1.165) is 17.5 Å². The topological polar surface area (TPSA) is 40.6 Å². The third-order valence-electron chi connectivity index (χ3n) is 2.93. The number of nitrogens with zero attached hydrogens (tertiary/aromatic N) is 2. The summed E-state index contributed by atoms with van der Waals surface area (Å²) in [6.07, 6.45) is 1.26. The minimum Gasteiger partial charge on any atom is -0.322 e. The van der Waals surface area contributed by atoms with Gasteiger partial charge >= 0.3 is 6.03 Å². The number of anilines is 1. The van der Waals surface area contributed by atoms with Gasteiger partial charge in [0.2, 0.25) is 0 Å². The summed E-state index contributed by atoms with van der Waals surface area (Å²) in [5, 5.41) is 0. The zero-order valence-electron chi connectivity index (χ0n) is 9.93. The van der Waals surface area contributed by atoms with E-state index in [0.29, 0.717) is 26.1 Å². The number of aryl methyl sites for hydroxylation is 1. The van der Waals surface area contributed by atoms with Crippen LogP contribution in [0.15, 0.2) is 24.3 Å². The molecule has 1 aliphatic rings. The Hall–Kier alpha value is -1.84. The van der Waals surface area contributed by atoms with Gasteiger partial charge in [0, 0.05) is 31.7 Å². The van der Waals surface area contributed by atoms with E-state index in [-0.39, 0.29) is 6.03 Å². The van der Waals surface area contributed by atoms with Gasteiger partial charge in [0.15, 0.2) is 0 Å². The van der Waals surface area contributed by atoms with Crippen molar-refractivity contribution in [2.75, 3.05) is 24.5 Å². The molecule has 2 amide bonds. The zero-order chi connectivity index (χ0) is 12.3. The number of rotatable bonds is 4. The normalized spacial score (nSPS) is 15.5. The van der Waals surface area contributed by atoms with E-state index < -0.39 is 0 Å². The number of amides is 2. The molecule has 2 rings (SSSR count). The first-order valence-electron chi connectivity index (χ1n) is 5.79. The molecule has 4 heteroatoms. The highest BCUT2D eigenvalue weighted by Crippen LogP contribution is 2.21. The van der Waals surface area contributed by atoms with E-state index in [1.165, 1.54) is 0 Å². The maximum atomic E-state index is 12.1. The van der Waals surface area contributed by atoms with Gasteiger partial charge in [-0.1, -0.05) is 12.1 Å². The van der Waals surface area contributed by atoms with E-state index in [9.17, 15) is 9.59 Å². The largest absolute Gasteiger partial charge is 0.324 e. The molecule has 1 aromatic rings. The number of benzene rings is 1. The van der Waals surface area contributed by atoms with E-state index in [4.69, 9.17) is 0 Å². The maximum absolute atomic E-state index is 12.1. The maximum Gasteiger partial charge on any atom is 0.324 e. The molecule has 90 valence electrons. The Morgan fingerprint density at radius 3 is 2.88 bits per heavy atom. The highest BCUT2D eigenvalue weighted by Gasteiger charge is 2.28. The van der Waals surface area contributed by atoms with Crippen LogP contribution in [0.3, 0.4) is 0 Å². The number of urea groups is 1. The fraction of sp³-hybridized carbons (Fsp3) is 0.385. The van der Waals surface area contributed by atoms with Crippen LogP contribution in [0.2, 0.25) is 0 Å². The lowest BCUT2D eigenvalue weighted by Gasteiger charge is -2.18. The van der Waals surface area contributed by atoms with Gasteiger partial charge in [-0.15, -0.1) is 0 Å². The van der Waals surface area contributed by atoms with Gasteiger partial charge in [-0.2, -0.15) is 0 Å². The standard InChI is InChI=1S/C13H16N2O2/c1-11-4-2-5-12(10-11)15-8-7-14(13(15)17)6-3-9-16/h2,4-5,9-10H,3,6-8H2,1H3. The summed E-state index contributed by atoms with van der Waals surface area (Å²) < 4.78 is 0. The fourth-order valence-corrected chi connectivity index (χ4v) is 2.03. The van der Waals surface area contributed by atoms with Crippen LogP contribution in [0.4, 0.5) is 10.5 Å². The van der Waals surface area contributed by atoms with Gasteiger partial charge in [-0.05, 0) is 24.6 Å². The van der Waals surface area contributed by atoms with E-state index in [1.807, 2.05) is 31.2 Å². The van der Waals surface area contributed by atoms with Crippen LogP contribution < -0.4 is 4.90 Å². The summed E-state index contributed by atoms with van der Waals surface area (Å²) in [4.78, 5) is 25.9. The average molecular weight is 232 g/mol. The van der Waals surface area contributed by atoms with Gasteiger partial charge in [0.25, 0.3) is 0 Å². The highest BCUT2D eigenvalue weighted by atomic mass is 16.2. The smallest absolute Gasteiger partial charge is 0.322 e. The Bertz CT molecular complexity index is 431. The molecule has 17 heavy (non-hydrogen) atoms. The van der Waals surface area contributed by atoms with Crippen molar-refractivity contribution in [3.8, 4) is 0 Å². The summed E-state index contributed by atoms with van der Waals surface area (Å²) >= 11 is 0. The second-order valence-electron chi connectivity index (χ2n) is 4.22. The lowest BCUT2D eigenvalue weighted by molar-refractivity contribution is -0.108. The summed E-state index contributed by atoms with van der Waals surface area (Å²) in [5.41, 5.74) is 2.07. The van der Waals surface area contributed by atoms with Crippen LogP contribution in [0, 0.1) is 6.92 Å². The van der Waals surface area contributed by atoms with E-state index in [1.54, 1.807) is 9.80 Å². The van der Waals surface area contributed by atoms with Crippen molar-refractivity contribution < 1.29 is 9.59 Å². The van der Waals surface area contributed by atoms with Gasteiger partial charge in [0.05, 0.1) is 0 Å².